The lowest BCUT2D eigenvalue weighted by Gasteiger charge is -2.24. The molecule has 1 saturated carbocycles. The minimum atomic E-state index is -1.15. The third-order valence-corrected chi connectivity index (χ3v) is 3.44. The Balaban J connectivity index is 2.08. The fourth-order valence-electron chi connectivity index (χ4n) is 2.39. The fraction of sp³-hybridized carbons (Fsp3) is 0.667. The molecule has 0 aliphatic heterocycles. The summed E-state index contributed by atoms with van der Waals surface area (Å²) in [7, 11) is 0. The van der Waals surface area contributed by atoms with Crippen LogP contribution in [0.25, 0.3) is 0 Å². The highest BCUT2D eigenvalue weighted by atomic mass is 16.4. The van der Waals surface area contributed by atoms with E-state index in [9.17, 15) is 14.7 Å². The summed E-state index contributed by atoms with van der Waals surface area (Å²) in [4.78, 5) is 27.4. The number of nitrogens with zero attached hydrogens (tertiary/aromatic N) is 2. The Labute approximate surface area is 110 Å². The lowest BCUT2D eigenvalue weighted by atomic mass is 9.98. The molecule has 1 amide bonds. The Morgan fingerprint density at radius 1 is 1.42 bits per heavy atom. The highest BCUT2D eigenvalue weighted by Crippen LogP contribution is 2.30. The third kappa shape index (κ3) is 2.74. The summed E-state index contributed by atoms with van der Waals surface area (Å²) in [6.07, 6.45) is 4.14. The van der Waals surface area contributed by atoms with Crippen molar-refractivity contribution in [3.8, 4) is 0 Å². The number of nitrogens with one attached hydrogen (secondary N) is 2. The summed E-state index contributed by atoms with van der Waals surface area (Å²) < 4.78 is 0. The zero-order valence-corrected chi connectivity index (χ0v) is 10.9. The van der Waals surface area contributed by atoms with Gasteiger partial charge in [-0.3, -0.25) is 9.89 Å². The first kappa shape index (κ1) is 13.5. The van der Waals surface area contributed by atoms with Crippen LogP contribution in [-0.4, -0.2) is 37.7 Å². The molecule has 0 radical (unpaired) electrons. The van der Waals surface area contributed by atoms with Crippen molar-refractivity contribution in [3.63, 3.8) is 0 Å². The summed E-state index contributed by atoms with van der Waals surface area (Å²) in [5.41, 5.74) is -1.15. The van der Waals surface area contributed by atoms with Crippen molar-refractivity contribution in [2.75, 3.05) is 0 Å². The molecule has 1 aliphatic rings. The molecule has 0 saturated heterocycles. The minimum Gasteiger partial charge on any atom is -0.480 e. The van der Waals surface area contributed by atoms with Gasteiger partial charge in [-0.25, -0.2) is 9.78 Å². The standard InChI is InChI=1S/C12H18N4O3/c1-2-5-8-13-9(16-15-8)10(17)14-12(11(18)19)6-3-4-7-12/h2-7H2,1H3,(H,14,17)(H,18,19)(H,13,15,16). The normalized spacial score (nSPS) is 17.3. The van der Waals surface area contributed by atoms with E-state index in [0.29, 0.717) is 25.1 Å². The van der Waals surface area contributed by atoms with Crippen molar-refractivity contribution in [2.24, 2.45) is 0 Å². The molecular weight excluding hydrogens is 248 g/mol. The zero-order valence-electron chi connectivity index (χ0n) is 10.9. The van der Waals surface area contributed by atoms with Crippen LogP contribution in [-0.2, 0) is 11.2 Å². The van der Waals surface area contributed by atoms with E-state index in [1.54, 1.807) is 0 Å². The molecule has 1 aromatic heterocycles. The molecule has 0 spiro atoms. The van der Waals surface area contributed by atoms with Crippen LogP contribution in [0.3, 0.4) is 0 Å². The van der Waals surface area contributed by atoms with E-state index in [4.69, 9.17) is 0 Å². The van der Waals surface area contributed by atoms with E-state index in [1.807, 2.05) is 6.92 Å². The second kappa shape index (κ2) is 5.38. The number of hydrogen-bond acceptors (Lipinski definition) is 4. The molecule has 0 atom stereocenters. The van der Waals surface area contributed by atoms with Crippen molar-refractivity contribution in [1.29, 1.82) is 0 Å². The lowest BCUT2D eigenvalue weighted by molar-refractivity contribution is -0.144. The number of rotatable bonds is 5. The molecule has 7 heteroatoms. The van der Waals surface area contributed by atoms with Gasteiger partial charge in [-0.1, -0.05) is 19.8 Å². The van der Waals surface area contributed by atoms with Crippen LogP contribution in [0.4, 0.5) is 0 Å². The maximum Gasteiger partial charge on any atom is 0.329 e. The summed E-state index contributed by atoms with van der Waals surface area (Å²) >= 11 is 0. The predicted molar refractivity (Wildman–Crippen MR) is 66.7 cm³/mol. The topological polar surface area (TPSA) is 108 Å². The van der Waals surface area contributed by atoms with Gasteiger partial charge in [-0.05, 0) is 19.3 Å². The van der Waals surface area contributed by atoms with Crippen molar-refractivity contribution >= 4 is 11.9 Å². The summed E-state index contributed by atoms with van der Waals surface area (Å²) in [6.45, 7) is 2.00. The lowest BCUT2D eigenvalue weighted by Crippen LogP contribution is -2.52. The number of aromatic nitrogens is 3. The zero-order chi connectivity index (χ0) is 13.9. The monoisotopic (exact) mass is 266 g/mol. The molecule has 1 heterocycles. The Morgan fingerprint density at radius 3 is 2.68 bits per heavy atom. The molecule has 2 rings (SSSR count). The van der Waals surface area contributed by atoms with Gasteiger partial charge in [0.1, 0.15) is 11.4 Å². The third-order valence-electron chi connectivity index (χ3n) is 3.44. The molecule has 0 aromatic carbocycles. The van der Waals surface area contributed by atoms with E-state index in [1.165, 1.54) is 0 Å². The molecule has 3 N–H and O–H groups in total. The first-order chi connectivity index (χ1) is 9.07. The van der Waals surface area contributed by atoms with Crippen molar-refractivity contribution < 1.29 is 14.7 Å². The number of aromatic amines is 1. The van der Waals surface area contributed by atoms with Crippen LogP contribution in [0.15, 0.2) is 0 Å². The average molecular weight is 266 g/mol. The highest BCUT2D eigenvalue weighted by Gasteiger charge is 2.43. The van der Waals surface area contributed by atoms with E-state index >= 15 is 0 Å². The van der Waals surface area contributed by atoms with Gasteiger partial charge in [0.05, 0.1) is 0 Å². The van der Waals surface area contributed by atoms with Gasteiger partial charge in [0, 0.05) is 6.42 Å². The second-order valence-corrected chi connectivity index (χ2v) is 4.90. The molecule has 0 bridgehead atoms. The van der Waals surface area contributed by atoms with Crippen LogP contribution in [0.2, 0.25) is 0 Å². The summed E-state index contributed by atoms with van der Waals surface area (Å²) in [5, 5.41) is 18.4. The van der Waals surface area contributed by atoms with Gasteiger partial charge in [0.2, 0.25) is 5.82 Å². The Kier molecular flexibility index (Phi) is 3.82. The van der Waals surface area contributed by atoms with Gasteiger partial charge in [0.25, 0.3) is 5.91 Å². The van der Waals surface area contributed by atoms with Crippen LogP contribution in [0, 0.1) is 0 Å². The number of amides is 1. The van der Waals surface area contributed by atoms with Crippen LogP contribution >= 0.6 is 0 Å². The molecular formula is C12H18N4O3. The summed E-state index contributed by atoms with van der Waals surface area (Å²) in [5.74, 6) is -0.856. The average Bonchev–Trinajstić information content (AvgIpc) is 2.99. The number of H-pyrrole nitrogens is 1. The van der Waals surface area contributed by atoms with Gasteiger partial charge in [-0.15, -0.1) is 5.10 Å². The van der Waals surface area contributed by atoms with Crippen molar-refractivity contribution in [3.05, 3.63) is 11.6 Å². The Bertz CT molecular complexity index is 477. The number of carbonyl (C=O) groups excluding carboxylic acids is 1. The van der Waals surface area contributed by atoms with Gasteiger partial charge < -0.3 is 10.4 Å². The van der Waals surface area contributed by atoms with Crippen molar-refractivity contribution in [1.82, 2.24) is 20.5 Å². The van der Waals surface area contributed by atoms with E-state index in [2.05, 4.69) is 20.5 Å². The predicted octanol–water partition coefficient (Wildman–Crippen LogP) is 0.884. The molecule has 19 heavy (non-hydrogen) atoms. The molecule has 1 aliphatic carbocycles. The van der Waals surface area contributed by atoms with Crippen LogP contribution in [0.1, 0.15) is 55.5 Å². The summed E-state index contributed by atoms with van der Waals surface area (Å²) in [6, 6.07) is 0. The first-order valence-corrected chi connectivity index (χ1v) is 6.54. The Hall–Kier alpha value is -1.92. The molecule has 1 fully saturated rings. The minimum absolute atomic E-state index is 0.0102. The van der Waals surface area contributed by atoms with E-state index < -0.39 is 17.4 Å². The number of hydrogen-bond donors (Lipinski definition) is 3. The van der Waals surface area contributed by atoms with Gasteiger partial charge in [-0.2, -0.15) is 0 Å². The fourth-order valence-corrected chi connectivity index (χ4v) is 2.39. The van der Waals surface area contributed by atoms with Crippen LogP contribution in [0.5, 0.6) is 0 Å². The maximum absolute atomic E-state index is 12.0. The number of aliphatic carboxylic acids is 1. The second-order valence-electron chi connectivity index (χ2n) is 4.90. The van der Waals surface area contributed by atoms with E-state index in [-0.39, 0.29) is 5.82 Å². The van der Waals surface area contributed by atoms with E-state index in [0.717, 1.165) is 19.3 Å². The first-order valence-electron chi connectivity index (χ1n) is 6.54. The van der Waals surface area contributed by atoms with Crippen molar-refractivity contribution in [2.45, 2.75) is 51.0 Å². The Morgan fingerprint density at radius 2 is 2.11 bits per heavy atom. The SMILES string of the molecule is CCCc1nc(C(=O)NC2(C(=O)O)CCCC2)n[nH]1. The molecule has 0 unspecified atom stereocenters. The number of aryl methyl sites for hydroxylation is 1. The maximum atomic E-state index is 12.0. The largest absolute Gasteiger partial charge is 0.480 e. The number of carboxylic acids is 1. The molecule has 1 aromatic rings. The molecule has 7 nitrogen and oxygen atoms in total. The van der Waals surface area contributed by atoms with Gasteiger partial charge in [0.15, 0.2) is 0 Å². The number of carbonyl (C=O) groups is 2. The van der Waals surface area contributed by atoms with Gasteiger partial charge >= 0.3 is 5.97 Å². The molecule has 104 valence electrons. The van der Waals surface area contributed by atoms with Crippen LogP contribution < -0.4 is 5.32 Å². The smallest absolute Gasteiger partial charge is 0.329 e. The highest BCUT2D eigenvalue weighted by molar-refractivity contribution is 5.95. The number of carboxylic acid groups (broad SMARTS) is 1. The quantitative estimate of drug-likeness (QED) is 0.733.